The lowest BCUT2D eigenvalue weighted by Crippen LogP contribution is -2.39. The molecule has 1 aliphatic heterocycles. The molecule has 1 heterocycles. The first-order valence-electron chi connectivity index (χ1n) is 7.39. The van der Waals surface area contributed by atoms with Gasteiger partial charge in [0.05, 0.1) is 11.5 Å². The molecule has 1 aliphatic rings. The second-order valence-corrected chi connectivity index (χ2v) is 6.13. The van der Waals surface area contributed by atoms with Crippen LogP contribution in [0.5, 0.6) is 0 Å². The zero-order valence-electron chi connectivity index (χ0n) is 12.5. The van der Waals surface area contributed by atoms with E-state index in [2.05, 4.69) is 0 Å². The van der Waals surface area contributed by atoms with Crippen LogP contribution in [0.4, 0.5) is 0 Å². The zero-order valence-corrected chi connectivity index (χ0v) is 13.4. The summed E-state index contributed by atoms with van der Waals surface area (Å²) in [6.45, 7) is 3.69. The Kier molecular flexibility index (Phi) is 8.19. The van der Waals surface area contributed by atoms with Crippen molar-refractivity contribution in [3.8, 4) is 0 Å². The van der Waals surface area contributed by atoms with E-state index in [0.29, 0.717) is 12.3 Å². The SMILES string of the molecule is CCCN(CC(=O)O)C(=O)CSCC(=O)N1CCCCC1. The monoisotopic (exact) mass is 316 g/mol. The standard InChI is InChI=1S/C14H24N2O4S/c1-2-6-16(9-14(19)20)13(18)11-21-10-12(17)15-7-4-3-5-8-15/h2-11H2,1H3,(H,19,20). The van der Waals surface area contributed by atoms with Crippen molar-refractivity contribution >= 4 is 29.5 Å². The number of hydrogen-bond acceptors (Lipinski definition) is 4. The van der Waals surface area contributed by atoms with Crippen molar-refractivity contribution in [3.63, 3.8) is 0 Å². The van der Waals surface area contributed by atoms with E-state index in [1.807, 2.05) is 11.8 Å². The number of nitrogens with zero attached hydrogens (tertiary/aromatic N) is 2. The fraction of sp³-hybridized carbons (Fsp3) is 0.786. The normalized spacial score (nSPS) is 14.8. The summed E-state index contributed by atoms with van der Waals surface area (Å²) in [5.74, 6) is -0.694. The highest BCUT2D eigenvalue weighted by Gasteiger charge is 2.19. The highest BCUT2D eigenvalue weighted by atomic mass is 32.2. The van der Waals surface area contributed by atoms with Crippen molar-refractivity contribution in [1.82, 2.24) is 9.80 Å². The minimum absolute atomic E-state index is 0.0766. The number of carboxylic acid groups (broad SMARTS) is 1. The maximum Gasteiger partial charge on any atom is 0.323 e. The summed E-state index contributed by atoms with van der Waals surface area (Å²) in [7, 11) is 0. The lowest BCUT2D eigenvalue weighted by Gasteiger charge is -2.26. The largest absolute Gasteiger partial charge is 0.480 e. The molecule has 0 aliphatic carbocycles. The summed E-state index contributed by atoms with van der Waals surface area (Å²) in [4.78, 5) is 37.8. The van der Waals surface area contributed by atoms with Gasteiger partial charge in [0.15, 0.2) is 0 Å². The maximum absolute atomic E-state index is 11.9. The molecule has 6 nitrogen and oxygen atoms in total. The van der Waals surface area contributed by atoms with Crippen molar-refractivity contribution in [3.05, 3.63) is 0 Å². The Morgan fingerprint density at radius 2 is 1.81 bits per heavy atom. The van der Waals surface area contributed by atoms with Crippen LogP contribution in [0, 0.1) is 0 Å². The molecular weight excluding hydrogens is 292 g/mol. The molecule has 1 saturated heterocycles. The van der Waals surface area contributed by atoms with Gasteiger partial charge in [-0.2, -0.15) is 0 Å². The number of aliphatic carboxylic acids is 1. The number of thioether (sulfide) groups is 1. The van der Waals surface area contributed by atoms with E-state index in [1.165, 1.54) is 23.1 Å². The minimum atomic E-state index is -1.01. The predicted molar refractivity (Wildman–Crippen MR) is 82.3 cm³/mol. The quantitative estimate of drug-likeness (QED) is 0.724. The number of carboxylic acids is 1. The fourth-order valence-corrected chi connectivity index (χ4v) is 3.09. The van der Waals surface area contributed by atoms with Crippen molar-refractivity contribution in [2.75, 3.05) is 37.7 Å². The third-order valence-corrected chi connectivity index (χ3v) is 4.23. The van der Waals surface area contributed by atoms with Crippen LogP contribution in [0.15, 0.2) is 0 Å². The molecule has 120 valence electrons. The summed E-state index contributed by atoms with van der Waals surface area (Å²) in [5, 5.41) is 8.78. The first-order chi connectivity index (χ1) is 10.0. The highest BCUT2D eigenvalue weighted by Crippen LogP contribution is 2.11. The second kappa shape index (κ2) is 9.65. The third kappa shape index (κ3) is 6.84. The van der Waals surface area contributed by atoms with Gasteiger partial charge >= 0.3 is 5.97 Å². The molecule has 2 amide bonds. The molecule has 0 atom stereocenters. The van der Waals surface area contributed by atoms with Gasteiger partial charge in [-0.25, -0.2) is 0 Å². The van der Waals surface area contributed by atoms with Crippen LogP contribution in [0.25, 0.3) is 0 Å². The second-order valence-electron chi connectivity index (χ2n) is 5.14. The van der Waals surface area contributed by atoms with Crippen LogP contribution in [-0.4, -0.2) is 70.4 Å². The van der Waals surface area contributed by atoms with Gasteiger partial charge in [0.25, 0.3) is 0 Å². The van der Waals surface area contributed by atoms with Crippen molar-refractivity contribution in [2.45, 2.75) is 32.6 Å². The van der Waals surface area contributed by atoms with Crippen molar-refractivity contribution < 1.29 is 19.5 Å². The molecule has 1 rings (SSSR count). The molecule has 1 fully saturated rings. The number of amides is 2. The number of carbonyl (C=O) groups is 3. The van der Waals surface area contributed by atoms with Gasteiger partial charge in [0.2, 0.25) is 11.8 Å². The smallest absolute Gasteiger partial charge is 0.323 e. The molecule has 0 spiro atoms. The summed E-state index contributed by atoms with van der Waals surface area (Å²) in [6.07, 6.45) is 4.00. The molecule has 0 aromatic carbocycles. The molecule has 0 aromatic rings. The van der Waals surface area contributed by atoms with Crippen molar-refractivity contribution in [1.29, 1.82) is 0 Å². The summed E-state index contributed by atoms with van der Waals surface area (Å²) in [6, 6.07) is 0. The van der Waals surface area contributed by atoms with Crippen LogP contribution in [0.3, 0.4) is 0 Å². The van der Waals surface area contributed by atoms with E-state index in [9.17, 15) is 14.4 Å². The average molecular weight is 316 g/mol. The molecule has 21 heavy (non-hydrogen) atoms. The molecule has 0 saturated carbocycles. The first-order valence-corrected chi connectivity index (χ1v) is 8.55. The Hall–Kier alpha value is -1.24. The number of carbonyl (C=O) groups excluding carboxylic acids is 2. The van der Waals surface area contributed by atoms with Crippen LogP contribution in [0.1, 0.15) is 32.6 Å². The maximum atomic E-state index is 11.9. The Labute approximate surface area is 129 Å². The number of piperidine rings is 1. The molecule has 0 radical (unpaired) electrons. The minimum Gasteiger partial charge on any atom is -0.480 e. The summed E-state index contributed by atoms with van der Waals surface area (Å²) < 4.78 is 0. The molecule has 0 unspecified atom stereocenters. The fourth-order valence-electron chi connectivity index (χ4n) is 2.28. The topological polar surface area (TPSA) is 77.9 Å². The Morgan fingerprint density at radius 1 is 1.14 bits per heavy atom. The third-order valence-electron chi connectivity index (χ3n) is 3.33. The van der Waals surface area contributed by atoms with Crippen molar-refractivity contribution in [2.24, 2.45) is 0 Å². The van der Waals surface area contributed by atoms with Gasteiger partial charge in [-0.15, -0.1) is 11.8 Å². The average Bonchev–Trinajstić information content (AvgIpc) is 2.47. The van der Waals surface area contributed by atoms with Gasteiger partial charge in [0, 0.05) is 19.6 Å². The molecule has 0 bridgehead atoms. The Bertz CT molecular complexity index is 370. The van der Waals surface area contributed by atoms with E-state index in [0.717, 1.165) is 32.4 Å². The molecule has 1 N–H and O–H groups in total. The van der Waals surface area contributed by atoms with E-state index in [-0.39, 0.29) is 24.1 Å². The molecular formula is C14H24N2O4S. The van der Waals surface area contributed by atoms with Gasteiger partial charge in [-0.05, 0) is 25.7 Å². The van der Waals surface area contributed by atoms with E-state index in [1.54, 1.807) is 0 Å². The molecule has 0 aromatic heterocycles. The number of hydrogen-bond donors (Lipinski definition) is 1. The highest BCUT2D eigenvalue weighted by molar-refractivity contribution is 8.00. The van der Waals surface area contributed by atoms with Gasteiger partial charge < -0.3 is 14.9 Å². The summed E-state index contributed by atoms with van der Waals surface area (Å²) >= 11 is 1.27. The number of likely N-dealkylation sites (tertiary alicyclic amines) is 1. The number of rotatable bonds is 8. The van der Waals surface area contributed by atoms with Gasteiger partial charge in [-0.1, -0.05) is 6.92 Å². The van der Waals surface area contributed by atoms with Gasteiger partial charge in [0.1, 0.15) is 6.54 Å². The van der Waals surface area contributed by atoms with E-state index < -0.39 is 5.97 Å². The zero-order chi connectivity index (χ0) is 15.7. The Balaban J connectivity index is 2.30. The van der Waals surface area contributed by atoms with Crippen LogP contribution < -0.4 is 0 Å². The lowest BCUT2D eigenvalue weighted by atomic mass is 10.1. The van der Waals surface area contributed by atoms with Crippen LogP contribution in [-0.2, 0) is 14.4 Å². The Morgan fingerprint density at radius 3 is 2.38 bits per heavy atom. The van der Waals surface area contributed by atoms with Crippen LogP contribution >= 0.6 is 11.8 Å². The molecule has 7 heteroatoms. The van der Waals surface area contributed by atoms with Gasteiger partial charge in [-0.3, -0.25) is 14.4 Å². The summed E-state index contributed by atoms with van der Waals surface area (Å²) in [5.41, 5.74) is 0. The predicted octanol–water partition coefficient (Wildman–Crippen LogP) is 1.06. The van der Waals surface area contributed by atoms with Crippen LogP contribution in [0.2, 0.25) is 0 Å². The lowest BCUT2D eigenvalue weighted by molar-refractivity contribution is -0.143. The first kappa shape index (κ1) is 17.8. The van der Waals surface area contributed by atoms with E-state index in [4.69, 9.17) is 5.11 Å². The van der Waals surface area contributed by atoms with E-state index >= 15 is 0 Å².